The summed E-state index contributed by atoms with van der Waals surface area (Å²) >= 11 is 0. The Bertz CT molecular complexity index is 999. The van der Waals surface area contributed by atoms with Gasteiger partial charge in [-0.3, -0.25) is 4.21 Å². The molecular formula is C23H20OS. The van der Waals surface area contributed by atoms with Gasteiger partial charge in [0.15, 0.2) is 0 Å². The SMILES string of the molecule is CCC=CC1C=C(c2ccccc2)c2cc3ccccc3cc2S1=O. The minimum Gasteiger partial charge on any atom is -0.253 e. The topological polar surface area (TPSA) is 17.1 Å². The van der Waals surface area contributed by atoms with Gasteiger partial charge in [0.2, 0.25) is 0 Å². The molecule has 0 spiro atoms. The molecule has 2 atom stereocenters. The molecule has 0 bridgehead atoms. The minimum atomic E-state index is -1.07. The van der Waals surface area contributed by atoms with Gasteiger partial charge in [-0.25, -0.2) is 0 Å². The van der Waals surface area contributed by atoms with Gasteiger partial charge in [-0.2, -0.15) is 0 Å². The van der Waals surface area contributed by atoms with Crippen LogP contribution in [0.5, 0.6) is 0 Å². The van der Waals surface area contributed by atoms with Gasteiger partial charge in [-0.05, 0) is 46.0 Å². The highest BCUT2D eigenvalue weighted by atomic mass is 32.2. The molecule has 4 rings (SSSR count). The molecule has 0 aromatic heterocycles. The second-order valence-corrected chi connectivity index (χ2v) is 7.82. The number of hydrogen-bond donors (Lipinski definition) is 0. The van der Waals surface area contributed by atoms with Crippen LogP contribution < -0.4 is 0 Å². The Morgan fingerprint density at radius 2 is 1.64 bits per heavy atom. The number of hydrogen-bond acceptors (Lipinski definition) is 1. The van der Waals surface area contributed by atoms with Crippen LogP contribution in [0.25, 0.3) is 16.3 Å². The van der Waals surface area contributed by atoms with Gasteiger partial charge in [-0.15, -0.1) is 0 Å². The van der Waals surface area contributed by atoms with Crippen LogP contribution >= 0.6 is 0 Å². The third-order valence-electron chi connectivity index (χ3n) is 4.58. The lowest BCUT2D eigenvalue weighted by atomic mass is 9.94. The average Bonchev–Trinajstić information content (AvgIpc) is 2.67. The standard InChI is InChI=1S/C23H20OS/c1-2-3-13-20-16-21(17-9-5-4-6-10-17)22-14-18-11-7-8-12-19(18)15-23(22)25(20)24/h3-16,20H,2H2,1H3. The maximum Gasteiger partial charge on any atom is 0.0764 e. The summed E-state index contributed by atoms with van der Waals surface area (Å²) in [6.07, 6.45) is 7.30. The second-order valence-electron chi connectivity index (χ2n) is 6.24. The third kappa shape index (κ3) is 2.98. The fourth-order valence-corrected chi connectivity index (χ4v) is 4.76. The smallest absolute Gasteiger partial charge is 0.0764 e. The Labute approximate surface area is 151 Å². The lowest BCUT2D eigenvalue weighted by molar-refractivity contribution is 0.681. The second kappa shape index (κ2) is 6.81. The molecule has 0 saturated carbocycles. The number of allylic oxidation sites excluding steroid dienone is 1. The highest BCUT2D eigenvalue weighted by molar-refractivity contribution is 7.86. The quantitative estimate of drug-likeness (QED) is 0.555. The van der Waals surface area contributed by atoms with Gasteiger partial charge in [-0.1, -0.05) is 79.7 Å². The summed E-state index contributed by atoms with van der Waals surface area (Å²) in [5.41, 5.74) is 3.43. The van der Waals surface area contributed by atoms with Gasteiger partial charge in [0, 0.05) is 4.90 Å². The first-order valence-corrected chi connectivity index (χ1v) is 9.87. The normalized spacial score (nSPS) is 19.8. The van der Waals surface area contributed by atoms with E-state index in [-0.39, 0.29) is 5.25 Å². The lowest BCUT2D eigenvalue weighted by Gasteiger charge is -2.23. The molecule has 1 aliphatic rings. The first-order valence-electron chi connectivity index (χ1n) is 8.65. The molecule has 0 amide bonds. The van der Waals surface area contributed by atoms with Crippen molar-refractivity contribution in [3.8, 4) is 0 Å². The van der Waals surface area contributed by atoms with Crippen LogP contribution in [0.15, 0.2) is 89.9 Å². The minimum absolute atomic E-state index is 0.0798. The molecule has 1 nitrogen and oxygen atoms in total. The molecule has 124 valence electrons. The highest BCUT2D eigenvalue weighted by Gasteiger charge is 2.26. The van der Waals surface area contributed by atoms with Crippen molar-refractivity contribution in [3.63, 3.8) is 0 Å². The molecule has 1 aliphatic heterocycles. The average molecular weight is 344 g/mol. The van der Waals surface area contributed by atoms with Crippen molar-refractivity contribution in [3.05, 3.63) is 96.1 Å². The van der Waals surface area contributed by atoms with Crippen LogP contribution in [0.3, 0.4) is 0 Å². The van der Waals surface area contributed by atoms with Crippen molar-refractivity contribution in [2.45, 2.75) is 23.5 Å². The Balaban J connectivity index is 1.96. The van der Waals surface area contributed by atoms with Gasteiger partial charge < -0.3 is 0 Å². The molecule has 1 heterocycles. The van der Waals surface area contributed by atoms with Gasteiger partial charge in [0.05, 0.1) is 16.0 Å². The molecule has 2 heteroatoms. The van der Waals surface area contributed by atoms with E-state index >= 15 is 0 Å². The summed E-state index contributed by atoms with van der Waals surface area (Å²) in [5, 5.41) is 2.24. The van der Waals surface area contributed by atoms with E-state index in [9.17, 15) is 4.21 Å². The Morgan fingerprint density at radius 1 is 0.960 bits per heavy atom. The monoisotopic (exact) mass is 344 g/mol. The number of rotatable bonds is 3. The Morgan fingerprint density at radius 3 is 2.36 bits per heavy atom. The van der Waals surface area contributed by atoms with Crippen molar-refractivity contribution >= 4 is 27.1 Å². The molecule has 2 unspecified atom stereocenters. The van der Waals surface area contributed by atoms with Gasteiger partial charge in [0.1, 0.15) is 0 Å². The molecule has 3 aromatic carbocycles. The molecule has 0 N–H and O–H groups in total. The molecule has 0 radical (unpaired) electrons. The molecule has 0 aliphatic carbocycles. The van der Waals surface area contributed by atoms with Crippen LogP contribution in [0.2, 0.25) is 0 Å². The predicted molar refractivity (Wildman–Crippen MR) is 107 cm³/mol. The van der Waals surface area contributed by atoms with E-state index < -0.39 is 10.8 Å². The van der Waals surface area contributed by atoms with E-state index in [0.29, 0.717) is 0 Å². The van der Waals surface area contributed by atoms with Crippen LogP contribution in [0.1, 0.15) is 24.5 Å². The molecule has 0 fully saturated rings. The summed E-state index contributed by atoms with van der Waals surface area (Å²) in [4.78, 5) is 0.936. The van der Waals surface area contributed by atoms with E-state index in [1.54, 1.807) is 0 Å². The van der Waals surface area contributed by atoms with E-state index in [2.05, 4.69) is 73.7 Å². The van der Waals surface area contributed by atoms with Crippen molar-refractivity contribution in [1.29, 1.82) is 0 Å². The summed E-state index contributed by atoms with van der Waals surface area (Å²) < 4.78 is 13.2. The molecule has 0 saturated heterocycles. The van der Waals surface area contributed by atoms with Crippen molar-refractivity contribution in [2.24, 2.45) is 0 Å². The van der Waals surface area contributed by atoms with Gasteiger partial charge in [0.25, 0.3) is 0 Å². The van der Waals surface area contributed by atoms with Crippen molar-refractivity contribution in [2.75, 3.05) is 0 Å². The first-order chi connectivity index (χ1) is 12.3. The molecular weight excluding hydrogens is 324 g/mol. The maximum atomic E-state index is 13.2. The third-order valence-corrected chi connectivity index (χ3v) is 6.14. The summed E-state index contributed by atoms with van der Waals surface area (Å²) in [5.74, 6) is 0. The molecule has 25 heavy (non-hydrogen) atoms. The zero-order chi connectivity index (χ0) is 17.2. The van der Waals surface area contributed by atoms with Crippen LogP contribution in [-0.2, 0) is 10.8 Å². The fraction of sp³-hybridized carbons (Fsp3) is 0.130. The summed E-state index contributed by atoms with van der Waals surface area (Å²) in [7, 11) is -1.07. The fourth-order valence-electron chi connectivity index (χ4n) is 3.33. The number of benzene rings is 3. The van der Waals surface area contributed by atoms with Gasteiger partial charge >= 0.3 is 0 Å². The zero-order valence-electron chi connectivity index (χ0n) is 14.2. The predicted octanol–water partition coefficient (Wildman–Crippen LogP) is 5.73. The van der Waals surface area contributed by atoms with Crippen LogP contribution in [0.4, 0.5) is 0 Å². The summed E-state index contributed by atoms with van der Waals surface area (Å²) in [6.45, 7) is 2.10. The Hall–Kier alpha value is -2.45. The highest BCUT2D eigenvalue weighted by Crippen LogP contribution is 2.37. The maximum absolute atomic E-state index is 13.2. The zero-order valence-corrected chi connectivity index (χ0v) is 15.0. The Kier molecular flexibility index (Phi) is 4.37. The van der Waals surface area contributed by atoms with Crippen LogP contribution in [-0.4, -0.2) is 9.46 Å². The van der Waals surface area contributed by atoms with E-state index in [1.165, 1.54) is 16.5 Å². The lowest BCUT2D eigenvalue weighted by Crippen LogP contribution is -2.17. The number of fused-ring (bicyclic) bond motifs is 2. The van der Waals surface area contributed by atoms with Crippen molar-refractivity contribution < 1.29 is 4.21 Å². The molecule has 3 aromatic rings. The van der Waals surface area contributed by atoms with E-state index in [0.717, 1.165) is 22.3 Å². The van der Waals surface area contributed by atoms with Crippen molar-refractivity contribution in [1.82, 2.24) is 0 Å². The largest absolute Gasteiger partial charge is 0.253 e. The van der Waals surface area contributed by atoms with E-state index in [4.69, 9.17) is 0 Å². The van der Waals surface area contributed by atoms with E-state index in [1.807, 2.05) is 18.2 Å². The first kappa shape index (κ1) is 16.0. The summed E-state index contributed by atoms with van der Waals surface area (Å²) in [6, 6.07) is 23.0. The van der Waals surface area contributed by atoms with Crippen LogP contribution in [0, 0.1) is 0 Å².